The number of hydrogen-bond donors (Lipinski definition) is 3. The summed E-state index contributed by atoms with van der Waals surface area (Å²) in [6.45, 7) is 1.96. The molecule has 0 radical (unpaired) electrons. The molecule has 0 unspecified atom stereocenters. The Morgan fingerprint density at radius 2 is 2.00 bits per heavy atom. The third kappa shape index (κ3) is 3.46. The van der Waals surface area contributed by atoms with Gasteiger partial charge in [-0.2, -0.15) is 18.2 Å². The van der Waals surface area contributed by atoms with E-state index >= 15 is 0 Å². The Morgan fingerprint density at radius 3 is 2.68 bits per heavy atom. The van der Waals surface area contributed by atoms with E-state index in [9.17, 15) is 8.42 Å². The van der Waals surface area contributed by atoms with Gasteiger partial charge in [0.15, 0.2) is 0 Å². The van der Waals surface area contributed by atoms with Crippen LogP contribution in [0.1, 0.15) is 31.7 Å². The lowest BCUT2D eigenvalue weighted by Gasteiger charge is -2.22. The Morgan fingerprint density at radius 1 is 1.26 bits per heavy atom. The van der Waals surface area contributed by atoms with Crippen molar-refractivity contribution in [1.82, 2.24) is 19.8 Å². The van der Waals surface area contributed by atoms with Gasteiger partial charge in [0.2, 0.25) is 0 Å². The Kier molecular flexibility index (Phi) is 3.46. The molecule has 0 bridgehead atoms. The monoisotopic (exact) mass is 285 g/mol. The van der Waals surface area contributed by atoms with Crippen LogP contribution in [0.15, 0.2) is 12.4 Å². The highest BCUT2D eigenvalue weighted by Crippen LogP contribution is 2.22. The highest BCUT2D eigenvalue weighted by molar-refractivity contribution is 7.90. The molecule has 1 aliphatic heterocycles. The summed E-state index contributed by atoms with van der Waals surface area (Å²) < 4.78 is 30.5. The van der Waals surface area contributed by atoms with E-state index in [4.69, 9.17) is 0 Å². The second-order valence-electron chi connectivity index (χ2n) is 5.19. The van der Waals surface area contributed by atoms with Crippen LogP contribution in [-0.4, -0.2) is 37.3 Å². The quantitative estimate of drug-likeness (QED) is 0.722. The van der Waals surface area contributed by atoms with E-state index in [1.54, 1.807) is 12.4 Å². The molecule has 8 heteroatoms. The molecule has 1 aromatic heterocycles. The second-order valence-corrected chi connectivity index (χ2v) is 6.63. The van der Waals surface area contributed by atoms with E-state index in [2.05, 4.69) is 19.9 Å². The van der Waals surface area contributed by atoms with Crippen molar-refractivity contribution >= 4 is 15.9 Å². The number of nitrogens with one attached hydrogen (secondary N) is 3. The minimum Gasteiger partial charge on any atom is -0.317 e. The zero-order chi connectivity index (χ0) is 13.3. The summed E-state index contributed by atoms with van der Waals surface area (Å²) in [5.74, 6) is 0. The molecule has 0 amide bonds. The minimum absolute atomic E-state index is 0.108. The lowest BCUT2D eigenvalue weighted by atomic mass is 10.1. The Hall–Kier alpha value is -1.12. The van der Waals surface area contributed by atoms with Gasteiger partial charge in [0.05, 0.1) is 17.9 Å². The standard InChI is InChI=1S/C11H19N5O2S/c17-19(18,14-9-1-2-9)15-10-7-13-16(8-10)11-3-5-12-6-4-11/h7-9,11-12,14-15H,1-6H2. The number of piperidine rings is 1. The van der Waals surface area contributed by atoms with Gasteiger partial charge in [-0.15, -0.1) is 0 Å². The third-order valence-corrected chi connectivity index (χ3v) is 4.58. The first-order valence-corrected chi connectivity index (χ1v) is 8.16. The van der Waals surface area contributed by atoms with Crippen molar-refractivity contribution in [3.8, 4) is 0 Å². The first-order chi connectivity index (χ1) is 9.12. The molecule has 0 spiro atoms. The molecule has 3 rings (SSSR count). The van der Waals surface area contributed by atoms with Gasteiger partial charge < -0.3 is 5.32 Å². The van der Waals surface area contributed by atoms with Crippen molar-refractivity contribution in [2.24, 2.45) is 0 Å². The van der Waals surface area contributed by atoms with E-state index in [-0.39, 0.29) is 6.04 Å². The molecule has 106 valence electrons. The molecular weight excluding hydrogens is 266 g/mol. The van der Waals surface area contributed by atoms with Crippen LogP contribution in [0.4, 0.5) is 5.69 Å². The average molecular weight is 285 g/mol. The number of nitrogens with zero attached hydrogens (tertiary/aromatic N) is 2. The van der Waals surface area contributed by atoms with Crippen LogP contribution < -0.4 is 14.8 Å². The lowest BCUT2D eigenvalue weighted by molar-refractivity contribution is 0.343. The van der Waals surface area contributed by atoms with Crippen molar-refractivity contribution in [2.45, 2.75) is 37.8 Å². The lowest BCUT2D eigenvalue weighted by Crippen LogP contribution is -2.31. The van der Waals surface area contributed by atoms with Crippen LogP contribution in [0.3, 0.4) is 0 Å². The minimum atomic E-state index is -3.45. The van der Waals surface area contributed by atoms with E-state index in [0.29, 0.717) is 11.7 Å². The predicted molar refractivity (Wildman–Crippen MR) is 72.1 cm³/mol. The van der Waals surface area contributed by atoms with Gasteiger partial charge in [-0.05, 0) is 38.8 Å². The van der Waals surface area contributed by atoms with Crippen molar-refractivity contribution < 1.29 is 8.42 Å². The molecule has 1 aliphatic carbocycles. The number of anilines is 1. The van der Waals surface area contributed by atoms with Gasteiger partial charge in [-0.1, -0.05) is 0 Å². The van der Waals surface area contributed by atoms with Crippen LogP contribution >= 0.6 is 0 Å². The first kappa shape index (κ1) is 12.9. The largest absolute Gasteiger partial charge is 0.317 e. The molecule has 2 aliphatic rings. The maximum atomic E-state index is 11.8. The van der Waals surface area contributed by atoms with Crippen molar-refractivity contribution in [3.63, 3.8) is 0 Å². The number of aromatic nitrogens is 2. The van der Waals surface area contributed by atoms with Gasteiger partial charge in [-0.25, -0.2) is 0 Å². The summed E-state index contributed by atoms with van der Waals surface area (Å²) in [6, 6.07) is 0.466. The summed E-state index contributed by atoms with van der Waals surface area (Å²) in [5.41, 5.74) is 0.520. The van der Waals surface area contributed by atoms with E-state index in [0.717, 1.165) is 38.8 Å². The van der Waals surface area contributed by atoms with E-state index in [1.807, 2.05) is 4.68 Å². The van der Waals surface area contributed by atoms with E-state index < -0.39 is 10.2 Å². The highest BCUT2D eigenvalue weighted by Gasteiger charge is 2.27. The molecule has 1 aromatic rings. The fourth-order valence-electron chi connectivity index (χ4n) is 2.27. The van der Waals surface area contributed by atoms with Crippen molar-refractivity contribution in [3.05, 3.63) is 12.4 Å². The van der Waals surface area contributed by atoms with Gasteiger partial charge >= 0.3 is 0 Å². The molecule has 0 atom stereocenters. The summed E-state index contributed by atoms with van der Waals surface area (Å²) in [7, 11) is -3.45. The predicted octanol–water partition coefficient (Wildman–Crippen LogP) is 0.216. The molecule has 2 fully saturated rings. The van der Waals surface area contributed by atoms with Crippen LogP contribution in [0.25, 0.3) is 0 Å². The topological polar surface area (TPSA) is 88.0 Å². The highest BCUT2D eigenvalue weighted by atomic mass is 32.2. The normalized spacial score (nSPS) is 21.5. The number of hydrogen-bond acceptors (Lipinski definition) is 4. The SMILES string of the molecule is O=S(=O)(Nc1cnn(C2CCNCC2)c1)NC1CC1. The molecule has 1 saturated heterocycles. The summed E-state index contributed by atoms with van der Waals surface area (Å²) in [6.07, 6.45) is 7.23. The summed E-state index contributed by atoms with van der Waals surface area (Å²) in [4.78, 5) is 0. The van der Waals surface area contributed by atoms with Crippen LogP contribution in [0, 0.1) is 0 Å². The molecule has 2 heterocycles. The van der Waals surface area contributed by atoms with Gasteiger partial charge in [0.1, 0.15) is 0 Å². The third-order valence-electron chi connectivity index (χ3n) is 3.44. The zero-order valence-corrected chi connectivity index (χ0v) is 11.5. The fraction of sp³-hybridized carbons (Fsp3) is 0.727. The van der Waals surface area contributed by atoms with Gasteiger partial charge in [0.25, 0.3) is 10.2 Å². The smallest absolute Gasteiger partial charge is 0.299 e. The van der Waals surface area contributed by atoms with Crippen LogP contribution in [0.5, 0.6) is 0 Å². The second kappa shape index (κ2) is 5.10. The van der Waals surface area contributed by atoms with Crippen molar-refractivity contribution in [1.29, 1.82) is 0 Å². The van der Waals surface area contributed by atoms with Gasteiger partial charge in [0, 0.05) is 12.2 Å². The van der Waals surface area contributed by atoms with E-state index in [1.165, 1.54) is 0 Å². The first-order valence-electron chi connectivity index (χ1n) is 6.67. The molecule has 7 nitrogen and oxygen atoms in total. The Bertz CT molecular complexity index is 531. The maximum Gasteiger partial charge on any atom is 0.299 e. The Balaban J connectivity index is 1.63. The zero-order valence-electron chi connectivity index (χ0n) is 10.7. The molecular formula is C11H19N5O2S. The van der Waals surface area contributed by atoms with Crippen LogP contribution in [0.2, 0.25) is 0 Å². The molecule has 1 saturated carbocycles. The fourth-order valence-corrected chi connectivity index (χ4v) is 3.42. The van der Waals surface area contributed by atoms with Gasteiger partial charge in [-0.3, -0.25) is 9.40 Å². The average Bonchev–Trinajstić information content (AvgIpc) is 3.05. The maximum absolute atomic E-state index is 11.8. The number of rotatable bonds is 5. The summed E-state index contributed by atoms with van der Waals surface area (Å²) in [5, 5.41) is 7.55. The van der Waals surface area contributed by atoms with Crippen molar-refractivity contribution in [2.75, 3.05) is 17.8 Å². The Labute approximate surface area is 112 Å². The molecule has 3 N–H and O–H groups in total. The molecule has 19 heavy (non-hydrogen) atoms. The van der Waals surface area contributed by atoms with Crippen LogP contribution in [-0.2, 0) is 10.2 Å². The molecule has 0 aromatic carbocycles. The summed E-state index contributed by atoms with van der Waals surface area (Å²) >= 11 is 0.